The van der Waals surface area contributed by atoms with Crippen molar-refractivity contribution in [2.45, 2.75) is 19.4 Å². The van der Waals surface area contributed by atoms with Crippen LogP contribution in [0, 0.1) is 5.92 Å². The fourth-order valence-electron chi connectivity index (χ4n) is 3.26. The van der Waals surface area contributed by atoms with E-state index in [1.807, 2.05) is 37.5 Å². The molecule has 1 amide bonds. The minimum Gasteiger partial charge on any atom is -0.380 e. The van der Waals surface area contributed by atoms with Crippen molar-refractivity contribution in [1.82, 2.24) is 9.97 Å². The number of aromatic nitrogens is 2. The lowest BCUT2D eigenvalue weighted by molar-refractivity contribution is -0.117. The first kappa shape index (κ1) is 17.4. The van der Waals surface area contributed by atoms with Gasteiger partial charge >= 0.3 is 0 Å². The number of pyridine rings is 2. The van der Waals surface area contributed by atoms with E-state index in [2.05, 4.69) is 26.7 Å². The summed E-state index contributed by atoms with van der Waals surface area (Å²) in [6, 6.07) is 10.0. The molecule has 1 aromatic carbocycles. The SMILES string of the molecule is CNc1ncc(-c2ccccc2COC)c2cc(NC(=O)C3CC3)ncc12. The Kier molecular flexibility index (Phi) is 4.73. The molecule has 1 saturated carbocycles. The van der Waals surface area contributed by atoms with Crippen LogP contribution < -0.4 is 10.6 Å². The van der Waals surface area contributed by atoms with E-state index in [9.17, 15) is 4.79 Å². The van der Waals surface area contributed by atoms with E-state index in [-0.39, 0.29) is 11.8 Å². The Hall–Kier alpha value is -2.99. The molecule has 0 saturated heterocycles. The molecule has 3 aromatic rings. The van der Waals surface area contributed by atoms with Crippen LogP contribution in [0.15, 0.2) is 42.7 Å². The van der Waals surface area contributed by atoms with Crippen molar-refractivity contribution in [2.24, 2.45) is 5.92 Å². The van der Waals surface area contributed by atoms with Gasteiger partial charge < -0.3 is 15.4 Å². The first-order valence-electron chi connectivity index (χ1n) is 9.06. The number of nitrogens with one attached hydrogen (secondary N) is 2. The average Bonchev–Trinajstić information content (AvgIpc) is 3.53. The highest BCUT2D eigenvalue weighted by atomic mass is 16.5. The largest absolute Gasteiger partial charge is 0.380 e. The van der Waals surface area contributed by atoms with Crippen molar-refractivity contribution in [3.8, 4) is 11.1 Å². The Bertz CT molecular complexity index is 999. The molecule has 0 bridgehead atoms. The second-order valence-corrected chi connectivity index (χ2v) is 6.74. The van der Waals surface area contributed by atoms with Crippen LogP contribution in [0.4, 0.5) is 11.6 Å². The number of nitrogens with zero attached hydrogens (tertiary/aromatic N) is 2. The van der Waals surface area contributed by atoms with E-state index in [4.69, 9.17) is 4.74 Å². The maximum absolute atomic E-state index is 12.1. The standard InChI is InChI=1S/C21H22N4O2/c1-22-20-18-11-23-19(25-21(26)13-7-8-13)9-16(18)17(10-24-20)15-6-4-3-5-14(15)12-27-2/h3-6,9-11,13H,7-8,12H2,1-2H3,(H,22,24)(H,23,25,26). The average molecular weight is 362 g/mol. The summed E-state index contributed by atoms with van der Waals surface area (Å²) < 4.78 is 5.35. The highest BCUT2D eigenvalue weighted by Crippen LogP contribution is 2.35. The molecule has 0 aliphatic heterocycles. The molecule has 0 unspecified atom stereocenters. The van der Waals surface area contributed by atoms with Crippen LogP contribution >= 0.6 is 0 Å². The van der Waals surface area contributed by atoms with Crippen LogP contribution in [0.2, 0.25) is 0 Å². The number of anilines is 2. The number of rotatable bonds is 6. The molecule has 1 fully saturated rings. The minimum atomic E-state index is 0.0473. The second kappa shape index (κ2) is 7.32. The molecule has 0 atom stereocenters. The molecule has 0 spiro atoms. The zero-order chi connectivity index (χ0) is 18.8. The second-order valence-electron chi connectivity index (χ2n) is 6.74. The molecule has 0 radical (unpaired) electrons. The quantitative estimate of drug-likeness (QED) is 0.697. The lowest BCUT2D eigenvalue weighted by atomic mass is 9.97. The first-order chi connectivity index (χ1) is 13.2. The summed E-state index contributed by atoms with van der Waals surface area (Å²) in [6.45, 7) is 0.516. The number of methoxy groups -OCH3 is 1. The molecule has 2 aromatic heterocycles. The van der Waals surface area contributed by atoms with Crippen LogP contribution in [0.3, 0.4) is 0 Å². The van der Waals surface area contributed by atoms with Crippen molar-refractivity contribution in [2.75, 3.05) is 24.8 Å². The van der Waals surface area contributed by atoms with Crippen LogP contribution in [0.25, 0.3) is 21.9 Å². The molecule has 1 aliphatic rings. The summed E-state index contributed by atoms with van der Waals surface area (Å²) in [7, 11) is 3.52. The van der Waals surface area contributed by atoms with Crippen molar-refractivity contribution >= 4 is 28.3 Å². The topological polar surface area (TPSA) is 76.1 Å². The first-order valence-corrected chi connectivity index (χ1v) is 9.06. The number of carbonyl (C=O) groups is 1. The molecule has 4 rings (SSSR count). The summed E-state index contributed by atoms with van der Waals surface area (Å²) in [5, 5.41) is 7.94. The number of hydrogen-bond acceptors (Lipinski definition) is 5. The van der Waals surface area contributed by atoms with E-state index in [0.717, 1.165) is 46.1 Å². The van der Waals surface area contributed by atoms with Gasteiger partial charge in [0.15, 0.2) is 0 Å². The van der Waals surface area contributed by atoms with Gasteiger partial charge in [-0.3, -0.25) is 4.79 Å². The Morgan fingerprint density at radius 1 is 1.15 bits per heavy atom. The van der Waals surface area contributed by atoms with Crippen LogP contribution in [0.5, 0.6) is 0 Å². The summed E-state index contributed by atoms with van der Waals surface area (Å²) >= 11 is 0. The van der Waals surface area contributed by atoms with E-state index < -0.39 is 0 Å². The number of benzene rings is 1. The van der Waals surface area contributed by atoms with E-state index in [1.54, 1.807) is 13.3 Å². The number of amides is 1. The number of hydrogen-bond donors (Lipinski definition) is 2. The molecule has 2 N–H and O–H groups in total. The van der Waals surface area contributed by atoms with Crippen molar-refractivity contribution in [3.05, 3.63) is 48.3 Å². The highest BCUT2D eigenvalue weighted by Gasteiger charge is 2.29. The van der Waals surface area contributed by atoms with Gasteiger partial charge in [0.05, 0.1) is 6.61 Å². The summed E-state index contributed by atoms with van der Waals surface area (Å²) in [5.74, 6) is 1.50. The van der Waals surface area contributed by atoms with Crippen LogP contribution in [-0.2, 0) is 16.1 Å². The van der Waals surface area contributed by atoms with E-state index >= 15 is 0 Å². The van der Waals surface area contributed by atoms with Gasteiger partial charge in [-0.2, -0.15) is 0 Å². The van der Waals surface area contributed by atoms with Crippen LogP contribution in [0.1, 0.15) is 18.4 Å². The van der Waals surface area contributed by atoms with Gasteiger partial charge in [0.2, 0.25) is 5.91 Å². The van der Waals surface area contributed by atoms with Gasteiger partial charge in [-0.1, -0.05) is 24.3 Å². The van der Waals surface area contributed by atoms with E-state index in [0.29, 0.717) is 12.4 Å². The zero-order valence-electron chi connectivity index (χ0n) is 15.5. The maximum atomic E-state index is 12.1. The summed E-state index contributed by atoms with van der Waals surface area (Å²) in [6.07, 6.45) is 5.54. The fourth-order valence-corrected chi connectivity index (χ4v) is 3.26. The Balaban J connectivity index is 1.85. The Labute approximate surface area is 158 Å². The molecule has 6 heteroatoms. The highest BCUT2D eigenvalue weighted by molar-refractivity contribution is 6.04. The molecule has 138 valence electrons. The van der Waals surface area contributed by atoms with Gasteiger partial charge in [-0.05, 0) is 35.4 Å². The summed E-state index contributed by atoms with van der Waals surface area (Å²) in [4.78, 5) is 21.1. The maximum Gasteiger partial charge on any atom is 0.228 e. The molecule has 2 heterocycles. The third-order valence-electron chi connectivity index (χ3n) is 4.82. The predicted molar refractivity (Wildman–Crippen MR) is 107 cm³/mol. The number of carbonyl (C=O) groups excluding carboxylic acids is 1. The Morgan fingerprint density at radius 3 is 2.70 bits per heavy atom. The van der Waals surface area contributed by atoms with Crippen molar-refractivity contribution < 1.29 is 9.53 Å². The lowest BCUT2D eigenvalue weighted by Crippen LogP contribution is -2.14. The normalized spacial score (nSPS) is 13.6. The summed E-state index contributed by atoms with van der Waals surface area (Å²) in [5.41, 5.74) is 3.13. The number of ether oxygens (including phenoxy) is 1. The van der Waals surface area contributed by atoms with E-state index in [1.165, 1.54) is 0 Å². The van der Waals surface area contributed by atoms with Crippen molar-refractivity contribution in [3.63, 3.8) is 0 Å². The van der Waals surface area contributed by atoms with Crippen molar-refractivity contribution in [1.29, 1.82) is 0 Å². The zero-order valence-corrected chi connectivity index (χ0v) is 15.5. The molecule has 27 heavy (non-hydrogen) atoms. The fraction of sp³-hybridized carbons (Fsp3) is 0.286. The monoisotopic (exact) mass is 362 g/mol. The van der Waals surface area contributed by atoms with Gasteiger partial charge in [-0.25, -0.2) is 9.97 Å². The Morgan fingerprint density at radius 2 is 1.96 bits per heavy atom. The number of fused-ring (bicyclic) bond motifs is 1. The molecule has 6 nitrogen and oxygen atoms in total. The van der Waals surface area contributed by atoms with Crippen LogP contribution in [-0.4, -0.2) is 30.0 Å². The molecule has 1 aliphatic carbocycles. The third kappa shape index (κ3) is 3.48. The lowest BCUT2D eigenvalue weighted by Gasteiger charge is -2.14. The minimum absolute atomic E-state index is 0.0473. The molecular weight excluding hydrogens is 340 g/mol. The molecular formula is C21H22N4O2. The van der Waals surface area contributed by atoms with Gasteiger partial charge in [0.25, 0.3) is 0 Å². The van der Waals surface area contributed by atoms with Gasteiger partial charge in [-0.15, -0.1) is 0 Å². The predicted octanol–water partition coefficient (Wildman–Crippen LogP) is 3.83. The van der Waals surface area contributed by atoms with Gasteiger partial charge in [0.1, 0.15) is 11.6 Å². The third-order valence-corrected chi connectivity index (χ3v) is 4.82. The smallest absolute Gasteiger partial charge is 0.228 e. The van der Waals surface area contributed by atoms with Gasteiger partial charge in [0, 0.05) is 43.4 Å².